The van der Waals surface area contributed by atoms with Crippen LogP contribution < -0.4 is 20.9 Å². The fraction of sp³-hybridized carbons (Fsp3) is 0.440. The lowest BCUT2D eigenvalue weighted by Gasteiger charge is -2.38. The first kappa shape index (κ1) is 25.4. The Hall–Kier alpha value is -3.25. The highest BCUT2D eigenvalue weighted by Crippen LogP contribution is 2.48. The van der Waals surface area contributed by atoms with Crippen molar-refractivity contribution in [3.05, 3.63) is 47.2 Å². The smallest absolute Gasteiger partial charge is 0.371 e. The molecule has 2 aliphatic rings. The van der Waals surface area contributed by atoms with E-state index in [0.717, 1.165) is 25.7 Å². The van der Waals surface area contributed by atoms with Crippen LogP contribution in [0.2, 0.25) is 0 Å². The molecule has 2 saturated heterocycles. The van der Waals surface area contributed by atoms with Gasteiger partial charge in [-0.3, -0.25) is 4.79 Å². The average molecular weight is 532 g/mol. The van der Waals surface area contributed by atoms with Crippen LogP contribution in [0.15, 0.2) is 36.0 Å². The topological polar surface area (TPSA) is 100 Å². The number of anilines is 3. The molecule has 1 aromatic carbocycles. The van der Waals surface area contributed by atoms with E-state index in [-0.39, 0.29) is 28.7 Å². The van der Waals surface area contributed by atoms with Crippen LogP contribution in [0.3, 0.4) is 0 Å². The molecular formula is C25H28F3N7OS. The third kappa shape index (κ3) is 5.40. The minimum Gasteiger partial charge on any atom is -0.371 e. The van der Waals surface area contributed by atoms with E-state index in [1.165, 1.54) is 29.8 Å². The zero-order valence-electron chi connectivity index (χ0n) is 20.2. The van der Waals surface area contributed by atoms with E-state index in [0.29, 0.717) is 43.3 Å². The second kappa shape index (κ2) is 10.6. The molecule has 0 saturated carbocycles. The van der Waals surface area contributed by atoms with E-state index >= 15 is 0 Å². The van der Waals surface area contributed by atoms with Crippen LogP contribution in [-0.2, 0) is 6.18 Å². The predicted octanol–water partition coefficient (Wildman–Crippen LogP) is 4.65. The van der Waals surface area contributed by atoms with Gasteiger partial charge in [-0.2, -0.15) is 23.4 Å². The number of carbonyl (C=O) groups excluding carboxylic acids is 1. The molecule has 0 bridgehead atoms. The fourth-order valence-electron chi connectivity index (χ4n) is 5.09. The van der Waals surface area contributed by atoms with E-state index < -0.39 is 17.6 Å². The van der Waals surface area contributed by atoms with Crippen LogP contribution in [-0.4, -0.2) is 53.8 Å². The normalized spacial score (nSPS) is 18.3. The van der Waals surface area contributed by atoms with Gasteiger partial charge in [0.15, 0.2) is 0 Å². The summed E-state index contributed by atoms with van der Waals surface area (Å²) in [4.78, 5) is 21.1. The Bertz CT molecular complexity index is 1240. The molecule has 8 nitrogen and oxygen atoms in total. The first-order valence-electron chi connectivity index (χ1n) is 12.3. The maximum atomic E-state index is 14.7. The van der Waals surface area contributed by atoms with E-state index in [2.05, 4.69) is 20.5 Å². The van der Waals surface area contributed by atoms with Crippen LogP contribution in [0, 0.1) is 5.92 Å². The first-order valence-corrected chi connectivity index (χ1v) is 13.2. The van der Waals surface area contributed by atoms with Gasteiger partial charge in [0.1, 0.15) is 16.3 Å². The molecule has 0 unspecified atom stereocenters. The summed E-state index contributed by atoms with van der Waals surface area (Å²) in [7, 11) is 0. The van der Waals surface area contributed by atoms with Crippen molar-refractivity contribution in [1.29, 1.82) is 0 Å². The van der Waals surface area contributed by atoms with Gasteiger partial charge in [-0.05, 0) is 56.3 Å². The zero-order chi connectivity index (χ0) is 26.0. The van der Waals surface area contributed by atoms with Crippen molar-refractivity contribution < 1.29 is 18.0 Å². The summed E-state index contributed by atoms with van der Waals surface area (Å²) < 4.78 is 44.1. The number of alkyl halides is 3. The number of nitrogens with zero attached hydrogens (tertiary/aromatic N) is 5. The number of nitrogens with one attached hydrogen (secondary N) is 1. The van der Waals surface area contributed by atoms with Crippen LogP contribution in [0.1, 0.15) is 41.7 Å². The lowest BCUT2D eigenvalue weighted by molar-refractivity contribution is -0.136. The summed E-state index contributed by atoms with van der Waals surface area (Å²) in [5, 5.41) is 12.5. The summed E-state index contributed by atoms with van der Waals surface area (Å²) in [6.45, 7) is 2.41. The van der Waals surface area contributed by atoms with Crippen LogP contribution in [0.25, 0.3) is 10.6 Å². The zero-order valence-corrected chi connectivity index (χ0v) is 21.0. The van der Waals surface area contributed by atoms with E-state index in [4.69, 9.17) is 5.73 Å². The highest BCUT2D eigenvalue weighted by Gasteiger charge is 2.41. The van der Waals surface area contributed by atoms with Crippen LogP contribution in [0.5, 0.6) is 0 Å². The van der Waals surface area contributed by atoms with Crippen molar-refractivity contribution in [2.75, 3.05) is 47.8 Å². The number of thiazole rings is 1. The molecule has 0 spiro atoms. The summed E-state index contributed by atoms with van der Waals surface area (Å²) >= 11 is 1.25. The monoisotopic (exact) mass is 531 g/mol. The average Bonchev–Trinajstić information content (AvgIpc) is 3.61. The Morgan fingerprint density at radius 3 is 2.59 bits per heavy atom. The highest BCUT2D eigenvalue weighted by atomic mass is 32.1. The van der Waals surface area contributed by atoms with E-state index in [9.17, 15) is 18.0 Å². The number of nitrogens with two attached hydrogens (primary N) is 1. The molecule has 3 aromatic rings. The van der Waals surface area contributed by atoms with Crippen molar-refractivity contribution in [2.45, 2.75) is 31.9 Å². The summed E-state index contributed by atoms with van der Waals surface area (Å²) in [5.41, 5.74) is 6.32. The largest absolute Gasteiger partial charge is 0.420 e. The van der Waals surface area contributed by atoms with Gasteiger partial charge in [-0.25, -0.2) is 4.98 Å². The van der Waals surface area contributed by atoms with Gasteiger partial charge in [-0.1, -0.05) is 0 Å². The third-order valence-electron chi connectivity index (χ3n) is 6.87. The molecular weight excluding hydrogens is 503 g/mol. The van der Waals surface area contributed by atoms with Gasteiger partial charge >= 0.3 is 6.18 Å². The van der Waals surface area contributed by atoms with E-state index in [1.54, 1.807) is 27.3 Å². The molecule has 2 fully saturated rings. The van der Waals surface area contributed by atoms with Crippen molar-refractivity contribution >= 4 is 34.3 Å². The molecule has 2 aliphatic heterocycles. The number of halogens is 3. The summed E-state index contributed by atoms with van der Waals surface area (Å²) in [5.74, 6) is -0.482. The SMILES string of the molecule is NC[C@@H]1CCCN(c2c(NC(=O)c3csc(-c4ccnnc4)n3)ccc(N3CCCC3)c2C(F)(F)F)C1. The highest BCUT2D eigenvalue weighted by molar-refractivity contribution is 7.13. The van der Waals surface area contributed by atoms with Crippen molar-refractivity contribution in [3.63, 3.8) is 0 Å². The third-order valence-corrected chi connectivity index (χ3v) is 7.76. The number of aromatic nitrogens is 3. The predicted molar refractivity (Wildman–Crippen MR) is 138 cm³/mol. The Morgan fingerprint density at radius 2 is 1.89 bits per heavy atom. The summed E-state index contributed by atoms with van der Waals surface area (Å²) in [6.07, 6.45) is 1.76. The Kier molecular flexibility index (Phi) is 7.29. The standard InChI is InChI=1S/C25H28F3N7OS/c26-25(27,28)21-20(34-9-1-2-10-34)6-5-18(22(21)35-11-3-4-16(12-29)14-35)32-23(36)19-15-37-24(33-19)17-7-8-30-31-13-17/h5-8,13,15-16H,1-4,9-12,14,29H2,(H,32,36)/t16-/m0/s1. The maximum Gasteiger partial charge on any atom is 0.420 e. The lowest BCUT2D eigenvalue weighted by Crippen LogP contribution is -2.40. The van der Waals surface area contributed by atoms with E-state index in [1.807, 2.05) is 0 Å². The molecule has 12 heteroatoms. The van der Waals surface area contributed by atoms with Gasteiger partial charge in [-0.15, -0.1) is 11.3 Å². The van der Waals surface area contributed by atoms with Crippen LogP contribution >= 0.6 is 11.3 Å². The number of benzene rings is 1. The molecule has 3 N–H and O–H groups in total. The minimum absolute atomic E-state index is 0.0113. The molecule has 1 amide bonds. The maximum absolute atomic E-state index is 14.7. The van der Waals surface area contributed by atoms with Crippen molar-refractivity contribution in [3.8, 4) is 10.6 Å². The van der Waals surface area contributed by atoms with Gasteiger partial charge < -0.3 is 20.9 Å². The van der Waals surface area contributed by atoms with Crippen molar-refractivity contribution in [2.24, 2.45) is 11.7 Å². The number of piperidine rings is 1. The number of hydrogen-bond acceptors (Lipinski definition) is 8. The second-order valence-corrected chi connectivity index (χ2v) is 10.2. The number of carbonyl (C=O) groups is 1. The number of hydrogen-bond donors (Lipinski definition) is 2. The molecule has 5 rings (SSSR count). The minimum atomic E-state index is -4.61. The summed E-state index contributed by atoms with van der Waals surface area (Å²) in [6, 6.07) is 4.79. The van der Waals surface area contributed by atoms with Gasteiger partial charge in [0, 0.05) is 37.1 Å². The lowest BCUT2D eigenvalue weighted by atomic mass is 9.96. The molecule has 4 heterocycles. The Balaban J connectivity index is 1.54. The quantitative estimate of drug-likeness (QED) is 0.478. The van der Waals surface area contributed by atoms with Gasteiger partial charge in [0.25, 0.3) is 5.91 Å². The number of amides is 1. The Morgan fingerprint density at radius 1 is 1.11 bits per heavy atom. The molecule has 196 valence electrons. The second-order valence-electron chi connectivity index (χ2n) is 9.36. The molecule has 1 atom stereocenters. The van der Waals surface area contributed by atoms with Gasteiger partial charge in [0.05, 0.1) is 29.5 Å². The van der Waals surface area contributed by atoms with Crippen molar-refractivity contribution in [1.82, 2.24) is 15.2 Å². The van der Waals surface area contributed by atoms with Gasteiger partial charge in [0.2, 0.25) is 0 Å². The van der Waals surface area contributed by atoms with Crippen LogP contribution in [0.4, 0.5) is 30.2 Å². The number of rotatable bonds is 6. The molecule has 37 heavy (non-hydrogen) atoms. The molecule has 2 aromatic heterocycles. The first-order chi connectivity index (χ1) is 17.8. The fourth-order valence-corrected chi connectivity index (χ4v) is 5.88. The Labute approximate surface area is 216 Å². The molecule has 0 aliphatic carbocycles. The molecule has 0 radical (unpaired) electrons.